The predicted molar refractivity (Wildman–Crippen MR) is 64.0 cm³/mol. The van der Waals surface area contributed by atoms with E-state index in [9.17, 15) is 4.79 Å². The number of nitrogens with zero attached hydrogens (tertiary/aromatic N) is 1. The molecule has 14 heavy (non-hydrogen) atoms. The van der Waals surface area contributed by atoms with Crippen LogP contribution in [0.2, 0.25) is 0 Å². The van der Waals surface area contributed by atoms with Crippen LogP contribution in [0.1, 0.15) is 19.8 Å². The fourth-order valence-corrected chi connectivity index (χ4v) is 2.20. The maximum Gasteiger partial charge on any atom is 0.232 e. The molecule has 0 radical (unpaired) electrons. The van der Waals surface area contributed by atoms with Crippen molar-refractivity contribution in [2.24, 2.45) is 5.73 Å². The van der Waals surface area contributed by atoms with Crippen LogP contribution in [0.25, 0.3) is 0 Å². The lowest BCUT2D eigenvalue weighted by Gasteiger charge is -2.14. The Morgan fingerprint density at radius 3 is 2.86 bits per heavy atom. The minimum absolute atomic E-state index is 0. The van der Waals surface area contributed by atoms with Crippen LogP contribution in [0.5, 0.6) is 0 Å². The number of likely N-dealkylation sites (tertiary alicyclic amines) is 1. The van der Waals surface area contributed by atoms with Gasteiger partial charge in [-0.3, -0.25) is 4.79 Å². The van der Waals surface area contributed by atoms with E-state index in [2.05, 4.69) is 6.92 Å². The van der Waals surface area contributed by atoms with Crippen molar-refractivity contribution in [1.29, 1.82) is 0 Å². The van der Waals surface area contributed by atoms with Crippen LogP contribution in [0.4, 0.5) is 0 Å². The summed E-state index contributed by atoms with van der Waals surface area (Å²) in [5, 5.41) is 0. The Bertz CT molecular complexity index is 180. The Labute approximate surface area is 96.2 Å². The number of amides is 1. The average molecular weight is 239 g/mol. The highest BCUT2D eigenvalue weighted by molar-refractivity contribution is 7.99. The molecule has 0 bridgehead atoms. The molecule has 1 fully saturated rings. The molecule has 0 aromatic carbocycles. The van der Waals surface area contributed by atoms with Gasteiger partial charge in [-0.05, 0) is 18.6 Å². The van der Waals surface area contributed by atoms with E-state index in [0.29, 0.717) is 5.75 Å². The van der Waals surface area contributed by atoms with Gasteiger partial charge in [0.25, 0.3) is 0 Å². The van der Waals surface area contributed by atoms with E-state index in [4.69, 9.17) is 5.73 Å². The van der Waals surface area contributed by atoms with Gasteiger partial charge in [-0.1, -0.05) is 6.92 Å². The third kappa shape index (κ3) is 4.53. The van der Waals surface area contributed by atoms with Gasteiger partial charge in [-0.25, -0.2) is 0 Å². The summed E-state index contributed by atoms with van der Waals surface area (Å²) in [6, 6.07) is 0.208. The van der Waals surface area contributed by atoms with Crippen LogP contribution < -0.4 is 5.73 Å². The van der Waals surface area contributed by atoms with E-state index in [1.54, 1.807) is 11.8 Å². The van der Waals surface area contributed by atoms with Crippen molar-refractivity contribution >= 4 is 30.1 Å². The molecular weight excluding hydrogens is 220 g/mol. The summed E-state index contributed by atoms with van der Waals surface area (Å²) < 4.78 is 0. The molecule has 1 amide bonds. The highest BCUT2D eigenvalue weighted by Gasteiger charge is 2.22. The largest absolute Gasteiger partial charge is 0.340 e. The number of carbonyl (C=O) groups excluding carboxylic acids is 1. The molecule has 0 aromatic rings. The quantitative estimate of drug-likeness (QED) is 0.747. The molecule has 1 rings (SSSR count). The van der Waals surface area contributed by atoms with Crippen molar-refractivity contribution in [3.05, 3.63) is 0 Å². The third-order valence-electron chi connectivity index (χ3n) is 2.15. The normalized spacial score (nSPS) is 20.7. The number of hydrogen-bond acceptors (Lipinski definition) is 3. The second kappa shape index (κ2) is 7.37. The number of carbonyl (C=O) groups is 1. The monoisotopic (exact) mass is 238 g/mol. The maximum absolute atomic E-state index is 11.5. The van der Waals surface area contributed by atoms with Crippen LogP contribution >= 0.6 is 24.2 Å². The second-order valence-electron chi connectivity index (χ2n) is 3.44. The highest BCUT2D eigenvalue weighted by Crippen LogP contribution is 2.10. The van der Waals surface area contributed by atoms with E-state index in [1.165, 1.54) is 0 Å². The molecule has 2 N–H and O–H groups in total. The minimum Gasteiger partial charge on any atom is -0.340 e. The van der Waals surface area contributed by atoms with E-state index < -0.39 is 0 Å². The van der Waals surface area contributed by atoms with E-state index in [1.807, 2.05) is 4.90 Å². The second-order valence-corrected chi connectivity index (χ2v) is 4.55. The molecule has 0 aliphatic carbocycles. The molecule has 3 nitrogen and oxygen atoms in total. The Balaban J connectivity index is 0.00000169. The topological polar surface area (TPSA) is 46.3 Å². The molecule has 0 saturated carbocycles. The first-order valence-electron chi connectivity index (χ1n) is 4.85. The third-order valence-corrected chi connectivity index (χ3v) is 3.30. The summed E-state index contributed by atoms with van der Waals surface area (Å²) >= 11 is 1.72. The smallest absolute Gasteiger partial charge is 0.232 e. The van der Waals surface area contributed by atoms with Gasteiger partial charge in [0, 0.05) is 19.1 Å². The van der Waals surface area contributed by atoms with E-state index >= 15 is 0 Å². The summed E-state index contributed by atoms with van der Waals surface area (Å²) in [5.74, 6) is 1.96. The Morgan fingerprint density at radius 2 is 2.36 bits per heavy atom. The summed E-state index contributed by atoms with van der Waals surface area (Å²) in [5.41, 5.74) is 5.72. The lowest BCUT2D eigenvalue weighted by Crippen LogP contribution is -2.33. The predicted octanol–water partition coefficient (Wildman–Crippen LogP) is 1.11. The summed E-state index contributed by atoms with van der Waals surface area (Å²) in [4.78, 5) is 13.4. The van der Waals surface area contributed by atoms with Crippen molar-refractivity contribution in [2.45, 2.75) is 25.8 Å². The molecule has 84 valence electrons. The van der Waals surface area contributed by atoms with Crippen molar-refractivity contribution in [3.8, 4) is 0 Å². The zero-order valence-electron chi connectivity index (χ0n) is 8.57. The fourth-order valence-electron chi connectivity index (χ4n) is 1.41. The average Bonchev–Trinajstić information content (AvgIpc) is 2.52. The van der Waals surface area contributed by atoms with Gasteiger partial charge >= 0.3 is 0 Å². The van der Waals surface area contributed by atoms with Crippen LogP contribution in [0.15, 0.2) is 0 Å². The SMILES string of the molecule is CCCSCC(=O)N1CC[C@H](N)C1.Cl. The van der Waals surface area contributed by atoms with Gasteiger partial charge in [-0.15, -0.1) is 12.4 Å². The number of thioether (sulfide) groups is 1. The van der Waals surface area contributed by atoms with Crippen molar-refractivity contribution < 1.29 is 4.79 Å². The molecule has 0 aromatic heterocycles. The van der Waals surface area contributed by atoms with Crippen LogP contribution in [-0.2, 0) is 4.79 Å². The molecule has 0 unspecified atom stereocenters. The fraction of sp³-hybridized carbons (Fsp3) is 0.889. The summed E-state index contributed by atoms with van der Waals surface area (Å²) in [7, 11) is 0. The molecule has 1 aliphatic heterocycles. The van der Waals surface area contributed by atoms with Crippen LogP contribution in [0.3, 0.4) is 0 Å². The number of nitrogens with two attached hydrogens (primary N) is 1. The van der Waals surface area contributed by atoms with Crippen molar-refractivity contribution in [1.82, 2.24) is 4.90 Å². The first-order valence-corrected chi connectivity index (χ1v) is 6.00. The van der Waals surface area contributed by atoms with Crippen molar-refractivity contribution in [3.63, 3.8) is 0 Å². The minimum atomic E-state index is 0. The number of hydrogen-bond donors (Lipinski definition) is 1. The van der Waals surface area contributed by atoms with Gasteiger partial charge in [0.15, 0.2) is 0 Å². The first kappa shape index (κ1) is 14.1. The molecule has 0 spiro atoms. The number of halogens is 1. The molecular formula is C9H19ClN2OS. The lowest BCUT2D eigenvalue weighted by molar-refractivity contribution is -0.127. The standard InChI is InChI=1S/C9H18N2OS.ClH/c1-2-5-13-7-9(12)11-4-3-8(10)6-11;/h8H,2-7,10H2,1H3;1H/t8-;/m0./s1. The Kier molecular flexibility index (Phi) is 7.41. The van der Waals surface area contributed by atoms with Crippen LogP contribution in [0, 0.1) is 0 Å². The summed E-state index contributed by atoms with van der Waals surface area (Å²) in [6.07, 6.45) is 2.10. The number of rotatable bonds is 4. The maximum atomic E-state index is 11.5. The van der Waals surface area contributed by atoms with Gasteiger partial charge < -0.3 is 10.6 Å². The van der Waals surface area contributed by atoms with E-state index in [-0.39, 0.29) is 24.4 Å². The first-order chi connectivity index (χ1) is 6.24. The zero-order valence-corrected chi connectivity index (χ0v) is 10.2. The summed E-state index contributed by atoms with van der Waals surface area (Å²) in [6.45, 7) is 3.74. The Morgan fingerprint density at radius 1 is 1.64 bits per heavy atom. The van der Waals surface area contributed by atoms with Gasteiger partial charge in [0.2, 0.25) is 5.91 Å². The Hall–Kier alpha value is 0.0700. The highest BCUT2D eigenvalue weighted by atomic mass is 35.5. The van der Waals surface area contributed by atoms with Crippen molar-refractivity contribution in [2.75, 3.05) is 24.6 Å². The molecule has 1 saturated heterocycles. The molecule has 1 atom stereocenters. The lowest BCUT2D eigenvalue weighted by atomic mass is 10.3. The van der Waals surface area contributed by atoms with Crippen LogP contribution in [-0.4, -0.2) is 41.4 Å². The van der Waals surface area contributed by atoms with Gasteiger partial charge in [0.05, 0.1) is 5.75 Å². The van der Waals surface area contributed by atoms with E-state index in [0.717, 1.165) is 31.7 Å². The van der Waals surface area contributed by atoms with Gasteiger partial charge in [-0.2, -0.15) is 11.8 Å². The van der Waals surface area contributed by atoms with Gasteiger partial charge in [0.1, 0.15) is 0 Å². The molecule has 5 heteroatoms. The molecule has 1 heterocycles. The zero-order chi connectivity index (χ0) is 9.68. The molecule has 1 aliphatic rings.